The summed E-state index contributed by atoms with van der Waals surface area (Å²) in [5, 5.41) is 10.5. The first-order valence-corrected chi connectivity index (χ1v) is 10.5. The van der Waals surface area contributed by atoms with Gasteiger partial charge in [-0.05, 0) is 40.5 Å². The first kappa shape index (κ1) is 21.7. The van der Waals surface area contributed by atoms with Crippen molar-refractivity contribution in [3.63, 3.8) is 0 Å². The van der Waals surface area contributed by atoms with Crippen molar-refractivity contribution in [3.05, 3.63) is 88.4 Å². The number of hydrogen-bond donors (Lipinski definition) is 1. The van der Waals surface area contributed by atoms with E-state index in [2.05, 4.69) is 12.1 Å². The predicted molar refractivity (Wildman–Crippen MR) is 121 cm³/mol. The monoisotopic (exact) mass is 451 g/mol. The first-order valence-electron chi connectivity index (χ1n) is 10.1. The third-order valence-corrected chi connectivity index (χ3v) is 5.78. The number of carbonyl (C=O) groups is 2. The highest BCUT2D eigenvalue weighted by Crippen LogP contribution is 2.44. The molecule has 0 spiro atoms. The third-order valence-electron chi connectivity index (χ3n) is 5.54. The van der Waals surface area contributed by atoms with Crippen molar-refractivity contribution in [3.8, 4) is 16.9 Å². The maximum atomic E-state index is 13.0. The number of fused-ring (bicyclic) bond motifs is 3. The van der Waals surface area contributed by atoms with Crippen molar-refractivity contribution in [1.29, 1.82) is 0 Å². The first-order chi connectivity index (χ1) is 15.5. The summed E-state index contributed by atoms with van der Waals surface area (Å²) >= 11 is 6.02. The van der Waals surface area contributed by atoms with Crippen LogP contribution >= 0.6 is 11.6 Å². The van der Waals surface area contributed by atoms with Gasteiger partial charge in [0.05, 0.1) is 13.7 Å². The molecule has 0 atom stereocenters. The molecule has 32 heavy (non-hydrogen) atoms. The lowest BCUT2D eigenvalue weighted by atomic mass is 9.98. The molecule has 1 aliphatic carbocycles. The zero-order valence-electron chi connectivity index (χ0n) is 17.5. The molecule has 0 fully saturated rings. The molecule has 1 amide bonds. The van der Waals surface area contributed by atoms with Crippen molar-refractivity contribution in [2.75, 3.05) is 20.3 Å². The number of hydrogen-bond acceptors (Lipinski definition) is 5. The molecule has 0 unspecified atom stereocenters. The molecule has 0 heterocycles. The summed E-state index contributed by atoms with van der Waals surface area (Å²) in [7, 11) is 1.25. The fourth-order valence-corrected chi connectivity index (χ4v) is 4.17. The van der Waals surface area contributed by atoms with Crippen molar-refractivity contribution < 1.29 is 24.2 Å². The van der Waals surface area contributed by atoms with E-state index < -0.39 is 12.1 Å². The molecule has 164 valence electrons. The molecule has 0 saturated heterocycles. The second kappa shape index (κ2) is 9.32. The number of aromatic hydroxyl groups is 1. The number of benzene rings is 3. The predicted octanol–water partition coefficient (Wildman–Crippen LogP) is 4.97. The fraction of sp³-hybridized carbons (Fsp3) is 0.200. The average Bonchev–Trinajstić information content (AvgIpc) is 3.13. The molecular formula is C25H22ClNO5. The van der Waals surface area contributed by atoms with Crippen LogP contribution in [0.2, 0.25) is 5.02 Å². The normalized spacial score (nSPS) is 12.1. The summed E-state index contributed by atoms with van der Waals surface area (Å²) in [5.74, 6) is -0.735. The molecule has 6 nitrogen and oxygen atoms in total. The van der Waals surface area contributed by atoms with Crippen LogP contribution < -0.4 is 0 Å². The number of carbonyl (C=O) groups excluding carboxylic acids is 2. The number of halogens is 1. The second-order valence-corrected chi connectivity index (χ2v) is 7.95. The molecule has 0 bridgehead atoms. The van der Waals surface area contributed by atoms with E-state index in [9.17, 15) is 14.7 Å². The van der Waals surface area contributed by atoms with Crippen LogP contribution in [0.4, 0.5) is 4.79 Å². The highest BCUT2D eigenvalue weighted by molar-refractivity contribution is 6.30. The van der Waals surface area contributed by atoms with Crippen molar-refractivity contribution >= 4 is 23.7 Å². The third kappa shape index (κ3) is 4.41. The largest absolute Gasteiger partial charge is 0.508 e. The van der Waals surface area contributed by atoms with Crippen LogP contribution in [0.15, 0.2) is 66.7 Å². The maximum Gasteiger partial charge on any atom is 0.410 e. The van der Waals surface area contributed by atoms with Gasteiger partial charge in [-0.15, -0.1) is 0 Å². The Morgan fingerprint density at radius 2 is 1.62 bits per heavy atom. The topological polar surface area (TPSA) is 76.1 Å². The molecule has 3 aromatic rings. The van der Waals surface area contributed by atoms with Gasteiger partial charge in [-0.1, -0.05) is 60.1 Å². The standard InChI is InChI=1S/C25H22ClNO5/c1-31-24(29)14-27(13-16-12-17(26)10-11-23(16)28)25(30)32-15-22-20-8-4-2-6-18(20)19-7-3-5-9-21(19)22/h2-12,22,28H,13-15H2,1H3. The van der Waals surface area contributed by atoms with Gasteiger partial charge < -0.3 is 14.6 Å². The van der Waals surface area contributed by atoms with E-state index in [1.807, 2.05) is 36.4 Å². The summed E-state index contributed by atoms with van der Waals surface area (Å²) in [6, 6.07) is 20.6. The molecule has 1 N–H and O–H groups in total. The smallest absolute Gasteiger partial charge is 0.410 e. The van der Waals surface area contributed by atoms with Crippen LogP contribution in [0.5, 0.6) is 5.75 Å². The number of nitrogens with zero attached hydrogens (tertiary/aromatic N) is 1. The van der Waals surface area contributed by atoms with E-state index in [0.29, 0.717) is 10.6 Å². The number of amides is 1. The SMILES string of the molecule is COC(=O)CN(Cc1cc(Cl)ccc1O)C(=O)OCC1c2ccccc2-c2ccccc21. The Bertz CT molecular complexity index is 1120. The Morgan fingerprint density at radius 1 is 1.00 bits per heavy atom. The van der Waals surface area contributed by atoms with Crippen molar-refractivity contribution in [2.45, 2.75) is 12.5 Å². The molecule has 0 aromatic heterocycles. The highest BCUT2D eigenvalue weighted by Gasteiger charge is 2.30. The Labute approximate surface area is 191 Å². The Hall–Kier alpha value is -3.51. The van der Waals surface area contributed by atoms with E-state index in [0.717, 1.165) is 22.3 Å². The number of methoxy groups -OCH3 is 1. The van der Waals surface area contributed by atoms with Crippen LogP contribution in [0.1, 0.15) is 22.6 Å². The Kier molecular flexibility index (Phi) is 6.32. The number of esters is 1. The van der Waals surface area contributed by atoms with E-state index in [4.69, 9.17) is 21.1 Å². The van der Waals surface area contributed by atoms with Crippen molar-refractivity contribution in [1.82, 2.24) is 4.90 Å². The number of rotatable bonds is 6. The van der Waals surface area contributed by atoms with Gasteiger partial charge in [-0.2, -0.15) is 0 Å². The fourth-order valence-electron chi connectivity index (χ4n) is 3.98. The maximum absolute atomic E-state index is 13.0. The van der Waals surface area contributed by atoms with Gasteiger partial charge in [0, 0.05) is 16.5 Å². The van der Waals surface area contributed by atoms with E-state index >= 15 is 0 Å². The molecule has 0 radical (unpaired) electrons. The van der Waals surface area contributed by atoms with Gasteiger partial charge in [-0.3, -0.25) is 9.69 Å². The molecule has 1 aliphatic rings. The van der Waals surface area contributed by atoms with Crippen LogP contribution in [-0.4, -0.2) is 42.3 Å². The quantitative estimate of drug-likeness (QED) is 0.535. The summed E-state index contributed by atoms with van der Waals surface area (Å²) in [4.78, 5) is 26.0. The second-order valence-electron chi connectivity index (χ2n) is 7.51. The van der Waals surface area contributed by atoms with Crippen molar-refractivity contribution in [2.24, 2.45) is 0 Å². The minimum atomic E-state index is -0.684. The lowest BCUT2D eigenvalue weighted by Gasteiger charge is -2.23. The van der Waals surface area contributed by atoms with Gasteiger partial charge in [0.15, 0.2) is 0 Å². The van der Waals surface area contributed by atoms with Gasteiger partial charge >= 0.3 is 12.1 Å². The van der Waals surface area contributed by atoms with Gasteiger partial charge in [0.25, 0.3) is 0 Å². The summed E-state index contributed by atoms with van der Waals surface area (Å²) in [6.07, 6.45) is -0.684. The molecule has 4 rings (SSSR count). The van der Waals surface area contributed by atoms with Crippen LogP contribution in [0.3, 0.4) is 0 Å². The van der Waals surface area contributed by atoms with Crippen LogP contribution in [-0.2, 0) is 20.8 Å². The molecular weight excluding hydrogens is 430 g/mol. The summed E-state index contributed by atoms with van der Waals surface area (Å²) in [5.41, 5.74) is 4.83. The van der Waals surface area contributed by atoms with Gasteiger partial charge in [0.2, 0.25) is 0 Å². The van der Waals surface area contributed by atoms with Crippen LogP contribution in [0.25, 0.3) is 11.1 Å². The molecule has 7 heteroatoms. The van der Waals surface area contributed by atoms with Crippen LogP contribution in [0, 0.1) is 0 Å². The Balaban J connectivity index is 1.53. The molecule has 3 aromatic carbocycles. The van der Waals surface area contributed by atoms with E-state index in [1.165, 1.54) is 24.1 Å². The lowest BCUT2D eigenvalue weighted by molar-refractivity contribution is -0.141. The lowest BCUT2D eigenvalue weighted by Crippen LogP contribution is -2.36. The number of phenolic OH excluding ortho intramolecular Hbond substituents is 1. The number of ether oxygens (including phenoxy) is 2. The zero-order valence-corrected chi connectivity index (χ0v) is 18.2. The Morgan fingerprint density at radius 3 is 2.25 bits per heavy atom. The van der Waals surface area contributed by atoms with Gasteiger partial charge in [-0.25, -0.2) is 4.79 Å². The summed E-state index contributed by atoms with van der Waals surface area (Å²) in [6.45, 7) is -0.261. The van der Waals surface area contributed by atoms with E-state index in [1.54, 1.807) is 6.07 Å². The van der Waals surface area contributed by atoms with Gasteiger partial charge in [0.1, 0.15) is 18.9 Å². The summed E-state index contributed by atoms with van der Waals surface area (Å²) < 4.78 is 10.4. The average molecular weight is 452 g/mol. The number of phenols is 1. The van der Waals surface area contributed by atoms with E-state index in [-0.39, 0.29) is 31.4 Å². The zero-order chi connectivity index (χ0) is 22.7. The minimum absolute atomic E-state index is 0.0317. The molecule has 0 saturated carbocycles. The highest BCUT2D eigenvalue weighted by atomic mass is 35.5. The minimum Gasteiger partial charge on any atom is -0.508 e. The molecule has 0 aliphatic heterocycles.